The molecule has 2 amide bonds. The number of carbonyl (C=O) groups is 2. The van der Waals surface area contributed by atoms with Gasteiger partial charge in [0.05, 0.1) is 12.6 Å². The zero-order valence-electron chi connectivity index (χ0n) is 13.4. The third kappa shape index (κ3) is 5.65. The minimum atomic E-state index is -0.223. The number of rotatable bonds is 7. The number of piperidine rings is 1. The number of ether oxygens (including phenoxy) is 1. The van der Waals surface area contributed by atoms with Gasteiger partial charge in [0.2, 0.25) is 5.91 Å². The molecule has 1 saturated heterocycles. The zero-order chi connectivity index (χ0) is 16.5. The third-order valence-corrected chi connectivity index (χ3v) is 3.93. The van der Waals surface area contributed by atoms with E-state index in [4.69, 9.17) is 10.5 Å². The second-order valence-corrected chi connectivity index (χ2v) is 5.64. The number of nitrogens with two attached hydrogens (primary N) is 1. The summed E-state index contributed by atoms with van der Waals surface area (Å²) >= 11 is 0. The Morgan fingerprint density at radius 2 is 1.91 bits per heavy atom. The molecule has 0 bridgehead atoms. The van der Waals surface area contributed by atoms with Crippen molar-refractivity contribution in [3.05, 3.63) is 35.9 Å². The van der Waals surface area contributed by atoms with Crippen molar-refractivity contribution in [1.29, 1.82) is 0 Å². The van der Waals surface area contributed by atoms with Crippen molar-refractivity contribution in [3.63, 3.8) is 0 Å². The number of amides is 2. The van der Waals surface area contributed by atoms with Crippen LogP contribution in [0.5, 0.6) is 0 Å². The molecule has 6 heteroatoms. The van der Waals surface area contributed by atoms with Crippen LogP contribution in [0.4, 0.5) is 0 Å². The molecule has 0 spiro atoms. The van der Waals surface area contributed by atoms with E-state index in [0.717, 1.165) is 19.3 Å². The predicted octanol–water partition coefficient (Wildman–Crippen LogP) is 0.773. The fraction of sp³-hybridized carbons (Fsp3) is 0.529. The van der Waals surface area contributed by atoms with Gasteiger partial charge >= 0.3 is 0 Å². The van der Waals surface area contributed by atoms with Crippen molar-refractivity contribution in [2.45, 2.75) is 25.4 Å². The second-order valence-electron chi connectivity index (χ2n) is 5.64. The number of hydrogen-bond donors (Lipinski definition) is 2. The Morgan fingerprint density at radius 1 is 1.22 bits per heavy atom. The molecule has 126 valence electrons. The van der Waals surface area contributed by atoms with Crippen LogP contribution in [-0.4, -0.2) is 55.6 Å². The van der Waals surface area contributed by atoms with E-state index < -0.39 is 0 Å². The van der Waals surface area contributed by atoms with Crippen molar-refractivity contribution >= 4 is 11.8 Å². The number of hydrogen-bond acceptors (Lipinski definition) is 4. The first-order valence-electron chi connectivity index (χ1n) is 8.13. The van der Waals surface area contributed by atoms with Gasteiger partial charge in [-0.25, -0.2) is 0 Å². The molecule has 23 heavy (non-hydrogen) atoms. The molecule has 2 rings (SSSR count). The molecule has 1 aromatic rings. The smallest absolute Gasteiger partial charge is 0.251 e. The summed E-state index contributed by atoms with van der Waals surface area (Å²) in [4.78, 5) is 25.9. The summed E-state index contributed by atoms with van der Waals surface area (Å²) in [5, 5.41) is 2.67. The van der Waals surface area contributed by atoms with E-state index in [0.29, 0.717) is 31.8 Å². The van der Waals surface area contributed by atoms with Gasteiger partial charge in [0.1, 0.15) is 0 Å². The maximum atomic E-state index is 12.2. The van der Waals surface area contributed by atoms with E-state index in [1.54, 1.807) is 29.2 Å². The van der Waals surface area contributed by atoms with Crippen LogP contribution < -0.4 is 11.1 Å². The highest BCUT2D eigenvalue weighted by atomic mass is 16.5. The lowest BCUT2D eigenvalue weighted by molar-refractivity contribution is -0.132. The summed E-state index contributed by atoms with van der Waals surface area (Å²) in [6, 6.07) is 8.90. The van der Waals surface area contributed by atoms with Gasteiger partial charge in [-0.3, -0.25) is 9.59 Å². The van der Waals surface area contributed by atoms with Crippen LogP contribution in [-0.2, 0) is 9.53 Å². The van der Waals surface area contributed by atoms with E-state index in [1.807, 2.05) is 6.07 Å². The minimum absolute atomic E-state index is 0.0342. The van der Waals surface area contributed by atoms with Gasteiger partial charge in [-0.2, -0.15) is 0 Å². The molecule has 6 nitrogen and oxygen atoms in total. The Hall–Kier alpha value is -1.92. The van der Waals surface area contributed by atoms with Crippen LogP contribution in [0.1, 0.15) is 29.6 Å². The minimum Gasteiger partial charge on any atom is -0.378 e. The first-order valence-corrected chi connectivity index (χ1v) is 8.13. The largest absolute Gasteiger partial charge is 0.378 e. The molecule has 0 aliphatic carbocycles. The first kappa shape index (κ1) is 17.4. The Morgan fingerprint density at radius 3 is 2.57 bits per heavy atom. The van der Waals surface area contributed by atoms with Gasteiger partial charge in [0, 0.05) is 25.3 Å². The zero-order valence-corrected chi connectivity index (χ0v) is 13.4. The van der Waals surface area contributed by atoms with Gasteiger partial charge in [-0.05, 0) is 37.9 Å². The number of likely N-dealkylation sites (tertiary alicyclic amines) is 1. The van der Waals surface area contributed by atoms with Crippen LogP contribution in [0.25, 0.3) is 0 Å². The molecule has 1 heterocycles. The van der Waals surface area contributed by atoms with Crippen LogP contribution in [0, 0.1) is 0 Å². The molecular formula is C17H25N3O3. The number of benzene rings is 1. The van der Waals surface area contributed by atoms with Crippen molar-refractivity contribution in [2.24, 2.45) is 5.73 Å². The molecule has 1 aromatic carbocycles. The number of nitrogens with zero attached hydrogens (tertiary/aromatic N) is 1. The highest BCUT2D eigenvalue weighted by Gasteiger charge is 2.23. The molecule has 3 N–H and O–H groups in total. The Balaban J connectivity index is 1.68. The summed E-state index contributed by atoms with van der Waals surface area (Å²) in [7, 11) is 0. The molecule has 0 radical (unpaired) electrons. The van der Waals surface area contributed by atoms with Crippen molar-refractivity contribution in [2.75, 3.05) is 32.8 Å². The highest BCUT2D eigenvalue weighted by Crippen LogP contribution is 2.14. The highest BCUT2D eigenvalue weighted by molar-refractivity contribution is 5.96. The van der Waals surface area contributed by atoms with Crippen molar-refractivity contribution in [1.82, 2.24) is 10.2 Å². The second kappa shape index (κ2) is 9.27. The molecule has 0 saturated carbocycles. The molecule has 0 aromatic heterocycles. The van der Waals surface area contributed by atoms with Gasteiger partial charge in [-0.1, -0.05) is 18.2 Å². The maximum Gasteiger partial charge on any atom is 0.251 e. The summed E-state index contributed by atoms with van der Waals surface area (Å²) in [5.41, 5.74) is 6.00. The molecule has 1 aliphatic heterocycles. The monoisotopic (exact) mass is 319 g/mol. The lowest BCUT2D eigenvalue weighted by Crippen LogP contribution is -2.45. The van der Waals surface area contributed by atoms with E-state index in [2.05, 4.69) is 5.32 Å². The molecular weight excluding hydrogens is 294 g/mol. The average Bonchev–Trinajstić information content (AvgIpc) is 2.61. The fourth-order valence-electron chi connectivity index (χ4n) is 2.56. The van der Waals surface area contributed by atoms with Crippen LogP contribution in [0.2, 0.25) is 0 Å². The topological polar surface area (TPSA) is 84.7 Å². The fourth-order valence-corrected chi connectivity index (χ4v) is 2.56. The standard InChI is InChI=1S/C17H25N3O3/c18-9-4-12-23-15-7-10-20(11-8-15)16(21)13-19-17(22)14-5-2-1-3-6-14/h1-3,5-6,15H,4,7-13,18H2,(H,19,22). The first-order chi connectivity index (χ1) is 11.2. The van der Waals surface area contributed by atoms with Crippen LogP contribution in [0.3, 0.4) is 0 Å². The normalized spacial score (nSPS) is 15.4. The van der Waals surface area contributed by atoms with E-state index in [-0.39, 0.29) is 24.5 Å². The Bertz CT molecular complexity index is 499. The summed E-state index contributed by atoms with van der Waals surface area (Å²) < 4.78 is 5.72. The van der Waals surface area contributed by atoms with Gasteiger partial charge in [0.25, 0.3) is 5.91 Å². The SMILES string of the molecule is NCCCOC1CCN(C(=O)CNC(=O)c2ccccc2)CC1. The molecule has 0 unspecified atom stereocenters. The van der Waals surface area contributed by atoms with Gasteiger partial charge in [-0.15, -0.1) is 0 Å². The van der Waals surface area contributed by atoms with E-state index >= 15 is 0 Å². The Kier molecular flexibility index (Phi) is 7.03. The number of nitrogens with one attached hydrogen (secondary N) is 1. The molecule has 1 aliphatic rings. The van der Waals surface area contributed by atoms with Crippen molar-refractivity contribution < 1.29 is 14.3 Å². The summed E-state index contributed by atoms with van der Waals surface area (Å²) in [5.74, 6) is -0.270. The third-order valence-electron chi connectivity index (χ3n) is 3.93. The average molecular weight is 319 g/mol. The van der Waals surface area contributed by atoms with Gasteiger partial charge in [0.15, 0.2) is 0 Å². The quantitative estimate of drug-likeness (QED) is 0.727. The van der Waals surface area contributed by atoms with Gasteiger partial charge < -0.3 is 20.7 Å². The predicted molar refractivity (Wildman–Crippen MR) is 88.0 cm³/mol. The lowest BCUT2D eigenvalue weighted by Gasteiger charge is -2.32. The van der Waals surface area contributed by atoms with Crippen molar-refractivity contribution in [3.8, 4) is 0 Å². The maximum absolute atomic E-state index is 12.2. The van der Waals surface area contributed by atoms with E-state index in [1.165, 1.54) is 0 Å². The summed E-state index contributed by atoms with van der Waals surface area (Å²) in [6.07, 6.45) is 2.75. The molecule has 1 fully saturated rings. The van der Waals surface area contributed by atoms with E-state index in [9.17, 15) is 9.59 Å². The van der Waals surface area contributed by atoms with Crippen LogP contribution >= 0.6 is 0 Å². The Labute approximate surface area is 137 Å². The lowest BCUT2D eigenvalue weighted by atomic mass is 10.1. The summed E-state index contributed by atoms with van der Waals surface area (Å²) in [6.45, 7) is 2.70. The molecule has 0 atom stereocenters. The van der Waals surface area contributed by atoms with Crippen LogP contribution in [0.15, 0.2) is 30.3 Å². The number of carbonyl (C=O) groups excluding carboxylic acids is 2.